The number of nitrogens with zero attached hydrogens (tertiary/aromatic N) is 3. The van der Waals surface area contributed by atoms with Crippen LogP contribution in [0.15, 0.2) is 61.1 Å². The van der Waals surface area contributed by atoms with Crippen LogP contribution >= 0.6 is 0 Å². The van der Waals surface area contributed by atoms with Crippen LogP contribution in [0.1, 0.15) is 18.4 Å². The van der Waals surface area contributed by atoms with E-state index in [9.17, 15) is 0 Å². The number of ether oxygens (including phenoxy) is 1. The number of benzene rings is 1. The molecular weight excluding hydrogens is 312 g/mol. The Kier molecular flexibility index (Phi) is 4.34. The van der Waals surface area contributed by atoms with Crippen molar-refractivity contribution in [2.75, 3.05) is 19.8 Å². The SMILES string of the molecule is NCC1(c2ccc(-c3cnn(-c4ccccn4)c3)cc2)CCOCC1. The van der Waals surface area contributed by atoms with E-state index in [1.165, 1.54) is 5.56 Å². The molecule has 25 heavy (non-hydrogen) atoms. The topological polar surface area (TPSA) is 66.0 Å². The molecule has 2 aromatic heterocycles. The van der Waals surface area contributed by atoms with Gasteiger partial charge in [0.25, 0.3) is 0 Å². The zero-order chi connectivity index (χ0) is 17.1. The Labute approximate surface area is 147 Å². The summed E-state index contributed by atoms with van der Waals surface area (Å²) in [5.74, 6) is 0.815. The smallest absolute Gasteiger partial charge is 0.153 e. The van der Waals surface area contributed by atoms with Gasteiger partial charge in [-0.05, 0) is 36.1 Å². The Bertz CT molecular complexity index is 820. The lowest BCUT2D eigenvalue weighted by Crippen LogP contribution is -2.40. The minimum atomic E-state index is 0.0505. The van der Waals surface area contributed by atoms with E-state index in [0.29, 0.717) is 6.54 Å². The maximum Gasteiger partial charge on any atom is 0.153 e. The van der Waals surface area contributed by atoms with Gasteiger partial charge in [0.1, 0.15) is 0 Å². The van der Waals surface area contributed by atoms with Gasteiger partial charge < -0.3 is 10.5 Å². The number of hydrogen-bond acceptors (Lipinski definition) is 4. The van der Waals surface area contributed by atoms with Gasteiger partial charge in [-0.15, -0.1) is 0 Å². The normalized spacial score (nSPS) is 16.7. The first-order chi connectivity index (χ1) is 12.3. The highest BCUT2D eigenvalue weighted by Gasteiger charge is 2.32. The lowest BCUT2D eigenvalue weighted by atomic mass is 9.74. The van der Waals surface area contributed by atoms with E-state index < -0.39 is 0 Å². The molecule has 0 spiro atoms. The highest BCUT2D eigenvalue weighted by atomic mass is 16.5. The number of rotatable bonds is 4. The van der Waals surface area contributed by atoms with Gasteiger partial charge >= 0.3 is 0 Å². The molecule has 128 valence electrons. The average Bonchev–Trinajstić information content (AvgIpc) is 3.20. The summed E-state index contributed by atoms with van der Waals surface area (Å²) in [6.07, 6.45) is 7.62. The summed E-state index contributed by atoms with van der Waals surface area (Å²) in [6, 6.07) is 14.5. The van der Waals surface area contributed by atoms with Gasteiger partial charge in [0.2, 0.25) is 0 Å². The Morgan fingerprint density at radius 1 is 1.04 bits per heavy atom. The fourth-order valence-electron chi connectivity index (χ4n) is 3.48. The molecule has 1 aromatic carbocycles. The van der Waals surface area contributed by atoms with Crippen molar-refractivity contribution in [3.05, 3.63) is 66.6 Å². The molecule has 0 amide bonds. The van der Waals surface area contributed by atoms with E-state index in [0.717, 1.165) is 43.0 Å². The van der Waals surface area contributed by atoms with E-state index in [2.05, 4.69) is 34.3 Å². The third-order valence-electron chi connectivity index (χ3n) is 5.14. The van der Waals surface area contributed by atoms with Crippen LogP contribution in [0.2, 0.25) is 0 Å². The zero-order valence-electron chi connectivity index (χ0n) is 14.1. The zero-order valence-corrected chi connectivity index (χ0v) is 14.1. The number of pyridine rings is 1. The van der Waals surface area contributed by atoms with Gasteiger partial charge in [-0.25, -0.2) is 9.67 Å². The first kappa shape index (κ1) is 16.0. The number of nitrogens with two attached hydrogens (primary N) is 1. The molecule has 1 aliphatic heterocycles. The molecule has 1 fully saturated rings. The van der Waals surface area contributed by atoms with Crippen molar-refractivity contribution < 1.29 is 4.74 Å². The minimum absolute atomic E-state index is 0.0505. The van der Waals surface area contributed by atoms with Gasteiger partial charge in [0.15, 0.2) is 5.82 Å². The van der Waals surface area contributed by atoms with Crippen molar-refractivity contribution in [1.29, 1.82) is 0 Å². The van der Waals surface area contributed by atoms with Gasteiger partial charge in [-0.2, -0.15) is 5.10 Å². The van der Waals surface area contributed by atoms with E-state index in [4.69, 9.17) is 10.5 Å². The largest absolute Gasteiger partial charge is 0.381 e. The molecule has 0 atom stereocenters. The van der Waals surface area contributed by atoms with Crippen LogP contribution in [0.25, 0.3) is 16.9 Å². The Morgan fingerprint density at radius 3 is 2.52 bits per heavy atom. The maximum atomic E-state index is 6.11. The molecule has 4 rings (SSSR count). The molecule has 2 N–H and O–H groups in total. The van der Waals surface area contributed by atoms with Crippen molar-refractivity contribution in [3.63, 3.8) is 0 Å². The monoisotopic (exact) mass is 334 g/mol. The van der Waals surface area contributed by atoms with Crippen LogP contribution in [0.3, 0.4) is 0 Å². The molecule has 3 heterocycles. The lowest BCUT2D eigenvalue weighted by molar-refractivity contribution is 0.0530. The molecular formula is C20H22N4O. The molecule has 5 nitrogen and oxygen atoms in total. The summed E-state index contributed by atoms with van der Waals surface area (Å²) in [7, 11) is 0. The number of aromatic nitrogens is 3. The van der Waals surface area contributed by atoms with E-state index in [1.54, 1.807) is 10.9 Å². The van der Waals surface area contributed by atoms with Crippen molar-refractivity contribution in [1.82, 2.24) is 14.8 Å². The van der Waals surface area contributed by atoms with Crippen LogP contribution in [0, 0.1) is 0 Å². The second kappa shape index (κ2) is 6.78. The van der Waals surface area contributed by atoms with Gasteiger partial charge in [-0.1, -0.05) is 30.3 Å². The van der Waals surface area contributed by atoms with Crippen molar-refractivity contribution in [2.24, 2.45) is 5.73 Å². The molecule has 0 saturated carbocycles. The molecule has 0 bridgehead atoms. The van der Waals surface area contributed by atoms with Crippen LogP contribution < -0.4 is 5.73 Å². The molecule has 0 unspecified atom stereocenters. The first-order valence-electron chi connectivity index (χ1n) is 8.66. The second-order valence-corrected chi connectivity index (χ2v) is 6.54. The lowest BCUT2D eigenvalue weighted by Gasteiger charge is -2.36. The quantitative estimate of drug-likeness (QED) is 0.797. The Balaban J connectivity index is 1.59. The molecule has 1 aliphatic rings. The summed E-state index contributed by atoms with van der Waals surface area (Å²) >= 11 is 0. The van der Waals surface area contributed by atoms with Crippen LogP contribution in [-0.2, 0) is 10.2 Å². The molecule has 0 radical (unpaired) electrons. The third-order valence-corrected chi connectivity index (χ3v) is 5.14. The summed E-state index contributed by atoms with van der Waals surface area (Å²) in [4.78, 5) is 4.33. The summed E-state index contributed by atoms with van der Waals surface area (Å²) in [6.45, 7) is 2.24. The molecule has 1 saturated heterocycles. The summed E-state index contributed by atoms with van der Waals surface area (Å²) < 4.78 is 7.31. The molecule has 5 heteroatoms. The van der Waals surface area contributed by atoms with Crippen molar-refractivity contribution in [2.45, 2.75) is 18.3 Å². The van der Waals surface area contributed by atoms with E-state index in [-0.39, 0.29) is 5.41 Å². The Morgan fingerprint density at radius 2 is 1.84 bits per heavy atom. The predicted molar refractivity (Wildman–Crippen MR) is 97.6 cm³/mol. The third kappa shape index (κ3) is 3.08. The fraction of sp³-hybridized carbons (Fsp3) is 0.300. The van der Waals surface area contributed by atoms with Crippen molar-refractivity contribution >= 4 is 0 Å². The van der Waals surface area contributed by atoms with Crippen molar-refractivity contribution in [3.8, 4) is 16.9 Å². The first-order valence-corrected chi connectivity index (χ1v) is 8.66. The number of hydrogen-bond donors (Lipinski definition) is 1. The highest BCUT2D eigenvalue weighted by molar-refractivity contribution is 5.62. The van der Waals surface area contributed by atoms with Gasteiger partial charge in [0, 0.05) is 43.1 Å². The van der Waals surface area contributed by atoms with E-state index in [1.807, 2.05) is 30.6 Å². The highest BCUT2D eigenvalue weighted by Crippen LogP contribution is 2.34. The van der Waals surface area contributed by atoms with Gasteiger partial charge in [0.05, 0.1) is 6.20 Å². The predicted octanol–water partition coefficient (Wildman–Crippen LogP) is 2.94. The molecule has 0 aliphatic carbocycles. The summed E-state index contributed by atoms with van der Waals surface area (Å²) in [5.41, 5.74) is 9.69. The van der Waals surface area contributed by atoms with Crippen LogP contribution in [0.5, 0.6) is 0 Å². The fourth-order valence-corrected chi connectivity index (χ4v) is 3.48. The van der Waals surface area contributed by atoms with E-state index >= 15 is 0 Å². The average molecular weight is 334 g/mol. The molecule has 3 aromatic rings. The van der Waals surface area contributed by atoms with Crippen LogP contribution in [0.4, 0.5) is 0 Å². The summed E-state index contributed by atoms with van der Waals surface area (Å²) in [5, 5.41) is 4.42. The maximum absolute atomic E-state index is 6.11. The second-order valence-electron chi connectivity index (χ2n) is 6.54. The van der Waals surface area contributed by atoms with Gasteiger partial charge in [-0.3, -0.25) is 0 Å². The minimum Gasteiger partial charge on any atom is -0.381 e. The Hall–Kier alpha value is -2.50. The standard InChI is InChI=1S/C20H22N4O/c21-15-20(8-11-25-12-9-20)18-6-4-16(5-7-18)17-13-23-24(14-17)19-3-1-2-10-22-19/h1-7,10,13-14H,8-9,11-12,15,21H2. The van der Waals surface area contributed by atoms with Crippen LogP contribution in [-0.4, -0.2) is 34.5 Å².